The number of hydrogen-bond donors (Lipinski definition) is 1. The van der Waals surface area contributed by atoms with Crippen molar-refractivity contribution in [3.05, 3.63) is 0 Å². The van der Waals surface area contributed by atoms with Gasteiger partial charge in [0.15, 0.2) is 0 Å². The molecule has 2 N–H and O–H groups in total. The summed E-state index contributed by atoms with van der Waals surface area (Å²) in [5.41, 5.74) is 5.37. The van der Waals surface area contributed by atoms with Crippen LogP contribution in [0.25, 0.3) is 0 Å². The van der Waals surface area contributed by atoms with Crippen LogP contribution < -0.4 is 5.73 Å². The third kappa shape index (κ3) is 7.13. The maximum Gasteiger partial charge on any atom is 0.0700 e. The Balaban J connectivity index is 3.27. The minimum Gasteiger partial charge on any atom is -0.382 e. The monoisotopic (exact) mass is 209 g/mol. The topological polar surface area (TPSA) is 61.5 Å². The Morgan fingerprint density at radius 1 is 1.38 bits per heavy atom. The number of rotatable bonds is 8. The van der Waals surface area contributed by atoms with Crippen molar-refractivity contribution in [2.45, 2.75) is 12.2 Å². The molecule has 0 aromatic heterocycles. The van der Waals surface area contributed by atoms with E-state index in [9.17, 15) is 4.21 Å². The van der Waals surface area contributed by atoms with Gasteiger partial charge in [-0.2, -0.15) is 0 Å². The van der Waals surface area contributed by atoms with Crippen molar-refractivity contribution in [3.63, 3.8) is 0 Å². The van der Waals surface area contributed by atoms with Crippen LogP contribution in [-0.4, -0.2) is 48.7 Å². The van der Waals surface area contributed by atoms with E-state index in [1.165, 1.54) is 0 Å². The second-order valence-corrected chi connectivity index (χ2v) is 4.71. The molecule has 13 heavy (non-hydrogen) atoms. The van der Waals surface area contributed by atoms with E-state index in [1.807, 2.05) is 6.92 Å². The summed E-state index contributed by atoms with van der Waals surface area (Å²) in [4.78, 5) is 0. The van der Waals surface area contributed by atoms with Crippen molar-refractivity contribution in [2.75, 3.05) is 39.2 Å². The first-order valence-corrected chi connectivity index (χ1v) is 5.74. The first kappa shape index (κ1) is 13.0. The minimum atomic E-state index is -0.861. The number of methoxy groups -OCH3 is 1. The highest BCUT2D eigenvalue weighted by Crippen LogP contribution is 1.93. The highest BCUT2D eigenvalue weighted by Gasteiger charge is 2.07. The largest absolute Gasteiger partial charge is 0.382 e. The molecule has 0 aliphatic heterocycles. The lowest BCUT2D eigenvalue weighted by atomic mass is 10.5. The average Bonchev–Trinajstić information content (AvgIpc) is 2.16. The number of nitrogens with two attached hydrogens (primary N) is 1. The predicted octanol–water partition coefficient (Wildman–Crippen LogP) is -0.255. The van der Waals surface area contributed by atoms with Crippen molar-refractivity contribution >= 4 is 10.8 Å². The van der Waals surface area contributed by atoms with Gasteiger partial charge in [-0.25, -0.2) is 0 Å². The van der Waals surface area contributed by atoms with Crippen LogP contribution in [0, 0.1) is 0 Å². The third-order valence-electron chi connectivity index (χ3n) is 1.64. The maximum atomic E-state index is 11.3. The normalized spacial score (nSPS) is 15.6. The molecule has 0 heterocycles. The molecule has 5 heteroatoms. The van der Waals surface area contributed by atoms with Crippen LogP contribution in [0.4, 0.5) is 0 Å². The highest BCUT2D eigenvalue weighted by molar-refractivity contribution is 7.85. The maximum absolute atomic E-state index is 11.3. The third-order valence-corrected chi connectivity index (χ3v) is 3.30. The van der Waals surface area contributed by atoms with Gasteiger partial charge in [0.25, 0.3) is 0 Å². The Morgan fingerprint density at radius 2 is 2.08 bits per heavy atom. The Morgan fingerprint density at radius 3 is 2.62 bits per heavy atom. The quantitative estimate of drug-likeness (QED) is 0.560. The van der Waals surface area contributed by atoms with Crippen LogP contribution in [0.3, 0.4) is 0 Å². The lowest BCUT2D eigenvalue weighted by Crippen LogP contribution is -2.25. The number of ether oxygens (including phenoxy) is 2. The molecule has 0 spiro atoms. The van der Waals surface area contributed by atoms with Gasteiger partial charge in [0, 0.05) is 35.5 Å². The summed E-state index contributed by atoms with van der Waals surface area (Å²) in [6.07, 6.45) is 0. The van der Waals surface area contributed by atoms with E-state index in [-0.39, 0.29) is 5.25 Å². The molecule has 0 saturated carbocycles. The lowest BCUT2D eigenvalue weighted by molar-refractivity contribution is 0.0787. The summed E-state index contributed by atoms with van der Waals surface area (Å²) in [6, 6.07) is 0. The molecule has 2 atom stereocenters. The average molecular weight is 209 g/mol. The smallest absolute Gasteiger partial charge is 0.0700 e. The van der Waals surface area contributed by atoms with E-state index in [4.69, 9.17) is 15.2 Å². The van der Waals surface area contributed by atoms with Crippen LogP contribution in [0.5, 0.6) is 0 Å². The van der Waals surface area contributed by atoms with Gasteiger partial charge in [-0.15, -0.1) is 0 Å². The van der Waals surface area contributed by atoms with E-state index in [0.717, 1.165) is 0 Å². The molecule has 0 rings (SSSR count). The standard InChI is InChI=1S/C8H19NO3S/c1-8(7-9)13(10)6-5-12-4-3-11-2/h8H,3-7,9H2,1-2H3. The molecule has 2 unspecified atom stereocenters. The lowest BCUT2D eigenvalue weighted by Gasteiger charge is -2.08. The molecule has 0 bridgehead atoms. The summed E-state index contributed by atoms with van der Waals surface area (Å²) >= 11 is 0. The van der Waals surface area contributed by atoms with Gasteiger partial charge in [0.1, 0.15) is 0 Å². The molecule has 4 nitrogen and oxygen atoms in total. The van der Waals surface area contributed by atoms with Gasteiger partial charge >= 0.3 is 0 Å². The van der Waals surface area contributed by atoms with Gasteiger partial charge in [0.05, 0.1) is 19.8 Å². The second-order valence-electron chi connectivity index (χ2n) is 2.74. The van der Waals surface area contributed by atoms with E-state index in [1.54, 1.807) is 7.11 Å². The zero-order valence-electron chi connectivity index (χ0n) is 8.32. The van der Waals surface area contributed by atoms with E-state index in [2.05, 4.69) is 0 Å². The Bertz CT molecular complexity index is 143. The summed E-state index contributed by atoms with van der Waals surface area (Å²) in [6.45, 7) is 4.00. The SMILES string of the molecule is COCCOCCS(=O)C(C)CN. The van der Waals surface area contributed by atoms with Crippen molar-refractivity contribution in [2.24, 2.45) is 5.73 Å². The van der Waals surface area contributed by atoms with E-state index in [0.29, 0.717) is 32.1 Å². The Kier molecular flexibility index (Phi) is 8.64. The number of hydrogen-bond acceptors (Lipinski definition) is 4. The van der Waals surface area contributed by atoms with Gasteiger partial charge in [-0.3, -0.25) is 4.21 Å². The van der Waals surface area contributed by atoms with Gasteiger partial charge in [-0.1, -0.05) is 0 Å². The first-order chi connectivity index (χ1) is 6.22. The summed E-state index contributed by atoms with van der Waals surface area (Å²) in [7, 11) is 0.762. The van der Waals surface area contributed by atoms with Crippen molar-refractivity contribution in [1.29, 1.82) is 0 Å². The van der Waals surface area contributed by atoms with Crippen LogP contribution in [0.15, 0.2) is 0 Å². The highest BCUT2D eigenvalue weighted by atomic mass is 32.2. The fourth-order valence-electron chi connectivity index (χ4n) is 0.694. The molecular weight excluding hydrogens is 190 g/mol. The molecule has 0 fully saturated rings. The van der Waals surface area contributed by atoms with E-state index >= 15 is 0 Å². The summed E-state index contributed by atoms with van der Waals surface area (Å²) < 4.78 is 21.3. The van der Waals surface area contributed by atoms with Crippen LogP contribution >= 0.6 is 0 Å². The molecule has 0 aliphatic rings. The molecule has 0 aromatic carbocycles. The molecule has 0 saturated heterocycles. The van der Waals surface area contributed by atoms with Crippen molar-refractivity contribution in [1.82, 2.24) is 0 Å². The molecule has 80 valence electrons. The van der Waals surface area contributed by atoms with Crippen molar-refractivity contribution in [3.8, 4) is 0 Å². The van der Waals surface area contributed by atoms with Crippen LogP contribution in [0.2, 0.25) is 0 Å². The van der Waals surface area contributed by atoms with Crippen LogP contribution in [0.1, 0.15) is 6.92 Å². The zero-order valence-corrected chi connectivity index (χ0v) is 9.14. The van der Waals surface area contributed by atoms with E-state index < -0.39 is 10.8 Å². The Labute approximate surface area is 82.2 Å². The second kappa shape index (κ2) is 8.62. The fourth-order valence-corrected chi connectivity index (χ4v) is 1.59. The molecule has 0 aromatic rings. The van der Waals surface area contributed by atoms with Gasteiger partial charge in [0.2, 0.25) is 0 Å². The minimum absolute atomic E-state index is 0.0611. The van der Waals surface area contributed by atoms with Crippen LogP contribution in [-0.2, 0) is 20.3 Å². The van der Waals surface area contributed by atoms with Gasteiger partial charge < -0.3 is 15.2 Å². The predicted molar refractivity (Wildman–Crippen MR) is 54.2 cm³/mol. The molecule has 0 aliphatic carbocycles. The summed E-state index contributed by atoms with van der Waals surface area (Å²) in [5, 5.41) is 0.0611. The summed E-state index contributed by atoms with van der Waals surface area (Å²) in [5.74, 6) is 0.558. The molecular formula is C8H19NO3S. The first-order valence-electron chi connectivity index (χ1n) is 4.36. The molecule has 0 radical (unpaired) electrons. The Hall–Kier alpha value is 0.0300. The van der Waals surface area contributed by atoms with Gasteiger partial charge in [-0.05, 0) is 6.92 Å². The fraction of sp³-hybridized carbons (Fsp3) is 1.00. The molecule has 0 amide bonds. The zero-order chi connectivity index (χ0) is 10.1. The van der Waals surface area contributed by atoms with Crippen molar-refractivity contribution < 1.29 is 13.7 Å².